The van der Waals surface area contributed by atoms with Crippen molar-refractivity contribution in [1.29, 1.82) is 0 Å². The minimum Gasteiger partial charge on any atom is -0.499 e. The molecule has 0 aromatic rings. The van der Waals surface area contributed by atoms with Crippen LogP contribution in [0, 0.1) is 0 Å². The standard InChI is InChI=1S/C9H14O4/c1-9(2)12-7-5-11-4-3-6(10)8(7)13-9/h3-4,6-8,10H,5H2,1-2H3. The van der Waals surface area contributed by atoms with E-state index in [9.17, 15) is 5.11 Å². The van der Waals surface area contributed by atoms with Gasteiger partial charge in [-0.1, -0.05) is 0 Å². The summed E-state index contributed by atoms with van der Waals surface area (Å²) in [7, 11) is 0. The summed E-state index contributed by atoms with van der Waals surface area (Å²) in [5.41, 5.74) is 0. The summed E-state index contributed by atoms with van der Waals surface area (Å²) in [5, 5.41) is 9.62. The van der Waals surface area contributed by atoms with E-state index < -0.39 is 11.9 Å². The van der Waals surface area contributed by atoms with Crippen LogP contribution in [0.4, 0.5) is 0 Å². The molecule has 4 nitrogen and oxygen atoms in total. The van der Waals surface area contributed by atoms with Crippen LogP contribution in [0.15, 0.2) is 12.3 Å². The van der Waals surface area contributed by atoms with Gasteiger partial charge in [-0.05, 0) is 19.9 Å². The van der Waals surface area contributed by atoms with Gasteiger partial charge >= 0.3 is 0 Å². The molecule has 13 heavy (non-hydrogen) atoms. The molecule has 74 valence electrons. The number of aliphatic hydroxyl groups is 1. The van der Waals surface area contributed by atoms with Crippen molar-refractivity contribution in [3.63, 3.8) is 0 Å². The van der Waals surface area contributed by atoms with Crippen molar-refractivity contribution < 1.29 is 19.3 Å². The van der Waals surface area contributed by atoms with Gasteiger partial charge in [0.2, 0.25) is 0 Å². The van der Waals surface area contributed by atoms with Crippen LogP contribution in [0.3, 0.4) is 0 Å². The zero-order valence-electron chi connectivity index (χ0n) is 7.77. The Morgan fingerprint density at radius 1 is 1.38 bits per heavy atom. The lowest BCUT2D eigenvalue weighted by Gasteiger charge is -2.18. The largest absolute Gasteiger partial charge is 0.499 e. The van der Waals surface area contributed by atoms with Crippen LogP contribution < -0.4 is 0 Å². The van der Waals surface area contributed by atoms with Gasteiger partial charge in [-0.25, -0.2) is 0 Å². The Hall–Kier alpha value is -0.580. The topological polar surface area (TPSA) is 47.9 Å². The van der Waals surface area contributed by atoms with Gasteiger partial charge in [0.25, 0.3) is 0 Å². The van der Waals surface area contributed by atoms with Crippen molar-refractivity contribution in [2.24, 2.45) is 0 Å². The van der Waals surface area contributed by atoms with Crippen LogP contribution in [-0.2, 0) is 14.2 Å². The summed E-state index contributed by atoms with van der Waals surface area (Å²) in [5.74, 6) is -0.620. The molecular weight excluding hydrogens is 172 g/mol. The Labute approximate surface area is 77.1 Å². The van der Waals surface area contributed by atoms with E-state index in [0.717, 1.165) is 0 Å². The molecule has 2 rings (SSSR count). The molecular formula is C9H14O4. The highest BCUT2D eigenvalue weighted by molar-refractivity contribution is 4.98. The molecule has 3 atom stereocenters. The van der Waals surface area contributed by atoms with Crippen LogP contribution >= 0.6 is 0 Å². The fourth-order valence-electron chi connectivity index (χ4n) is 1.68. The van der Waals surface area contributed by atoms with E-state index in [1.54, 1.807) is 6.08 Å². The van der Waals surface area contributed by atoms with Crippen LogP contribution in [-0.4, -0.2) is 35.8 Å². The van der Waals surface area contributed by atoms with Crippen molar-refractivity contribution in [2.75, 3.05) is 6.61 Å². The molecule has 1 fully saturated rings. The first kappa shape index (κ1) is 8.99. The monoisotopic (exact) mass is 186 g/mol. The first-order valence-corrected chi connectivity index (χ1v) is 4.40. The zero-order chi connectivity index (χ0) is 9.47. The second-order valence-corrected chi connectivity index (χ2v) is 3.79. The van der Waals surface area contributed by atoms with Crippen LogP contribution in [0.5, 0.6) is 0 Å². The van der Waals surface area contributed by atoms with Gasteiger partial charge in [0.15, 0.2) is 5.79 Å². The smallest absolute Gasteiger partial charge is 0.164 e. The summed E-state index contributed by atoms with van der Waals surface area (Å²) < 4.78 is 16.2. The third-order valence-corrected chi connectivity index (χ3v) is 2.19. The number of hydrogen-bond acceptors (Lipinski definition) is 4. The average Bonchev–Trinajstić information content (AvgIpc) is 2.26. The van der Waals surface area contributed by atoms with Crippen molar-refractivity contribution in [2.45, 2.75) is 37.9 Å². The summed E-state index contributed by atoms with van der Waals surface area (Å²) in [6, 6.07) is 0. The molecule has 2 heterocycles. The predicted octanol–water partition coefficient (Wildman–Crippen LogP) is 0.411. The highest BCUT2D eigenvalue weighted by Gasteiger charge is 2.45. The fraction of sp³-hybridized carbons (Fsp3) is 0.778. The Bertz CT molecular complexity index is 224. The van der Waals surface area contributed by atoms with E-state index in [1.807, 2.05) is 13.8 Å². The van der Waals surface area contributed by atoms with Gasteiger partial charge in [0.1, 0.15) is 24.9 Å². The van der Waals surface area contributed by atoms with Crippen LogP contribution in [0.2, 0.25) is 0 Å². The van der Waals surface area contributed by atoms with Gasteiger partial charge in [0, 0.05) is 0 Å². The lowest BCUT2D eigenvalue weighted by molar-refractivity contribution is -0.155. The molecule has 2 aliphatic rings. The van der Waals surface area contributed by atoms with E-state index in [2.05, 4.69) is 0 Å². The molecule has 1 saturated heterocycles. The predicted molar refractivity (Wildman–Crippen MR) is 44.9 cm³/mol. The molecule has 4 heteroatoms. The molecule has 0 saturated carbocycles. The minimum absolute atomic E-state index is 0.181. The van der Waals surface area contributed by atoms with E-state index in [1.165, 1.54) is 6.26 Å². The van der Waals surface area contributed by atoms with Gasteiger partial charge in [-0.15, -0.1) is 0 Å². The number of ether oxygens (including phenoxy) is 3. The fourth-order valence-corrected chi connectivity index (χ4v) is 1.68. The summed E-state index contributed by atoms with van der Waals surface area (Å²) in [6.45, 7) is 4.09. The van der Waals surface area contributed by atoms with Gasteiger partial charge in [0.05, 0.1) is 6.26 Å². The second-order valence-electron chi connectivity index (χ2n) is 3.79. The molecule has 0 radical (unpaired) electrons. The number of fused-ring (bicyclic) bond motifs is 1. The third kappa shape index (κ3) is 1.70. The van der Waals surface area contributed by atoms with Crippen molar-refractivity contribution in [3.8, 4) is 0 Å². The molecule has 0 amide bonds. The average molecular weight is 186 g/mol. The van der Waals surface area contributed by atoms with Gasteiger partial charge in [-0.3, -0.25) is 0 Å². The SMILES string of the molecule is CC1(C)OC2COC=CC(O)C2O1. The molecule has 1 N–H and O–H groups in total. The number of hydrogen-bond donors (Lipinski definition) is 1. The van der Waals surface area contributed by atoms with E-state index in [-0.39, 0.29) is 12.2 Å². The molecule has 0 aromatic heterocycles. The molecule has 0 bridgehead atoms. The summed E-state index contributed by atoms with van der Waals surface area (Å²) in [4.78, 5) is 0. The lowest BCUT2D eigenvalue weighted by Crippen LogP contribution is -2.34. The maximum Gasteiger partial charge on any atom is 0.164 e. The van der Waals surface area contributed by atoms with Gasteiger partial charge in [-0.2, -0.15) is 0 Å². The molecule has 0 aliphatic carbocycles. The quantitative estimate of drug-likeness (QED) is 0.595. The second kappa shape index (κ2) is 2.97. The van der Waals surface area contributed by atoms with E-state index >= 15 is 0 Å². The highest BCUT2D eigenvalue weighted by atomic mass is 16.8. The summed E-state index contributed by atoms with van der Waals surface area (Å²) in [6.07, 6.45) is 1.93. The maximum atomic E-state index is 9.62. The summed E-state index contributed by atoms with van der Waals surface area (Å²) >= 11 is 0. The molecule has 3 unspecified atom stereocenters. The van der Waals surface area contributed by atoms with Crippen molar-refractivity contribution >= 4 is 0 Å². The van der Waals surface area contributed by atoms with E-state index in [4.69, 9.17) is 14.2 Å². The zero-order valence-corrected chi connectivity index (χ0v) is 7.77. The van der Waals surface area contributed by atoms with E-state index in [0.29, 0.717) is 6.61 Å². The number of rotatable bonds is 0. The Kier molecular flexibility index (Phi) is 2.06. The third-order valence-electron chi connectivity index (χ3n) is 2.19. The normalized spacial score (nSPS) is 42.2. The molecule has 0 spiro atoms. The first-order valence-electron chi connectivity index (χ1n) is 4.40. The molecule has 2 aliphatic heterocycles. The Balaban J connectivity index is 2.14. The Morgan fingerprint density at radius 2 is 2.15 bits per heavy atom. The first-order chi connectivity index (χ1) is 6.08. The lowest BCUT2D eigenvalue weighted by atomic mass is 10.1. The van der Waals surface area contributed by atoms with Crippen LogP contribution in [0.25, 0.3) is 0 Å². The Morgan fingerprint density at radius 3 is 2.92 bits per heavy atom. The minimum atomic E-state index is -0.644. The van der Waals surface area contributed by atoms with Crippen molar-refractivity contribution in [1.82, 2.24) is 0 Å². The van der Waals surface area contributed by atoms with Crippen molar-refractivity contribution in [3.05, 3.63) is 12.3 Å². The van der Waals surface area contributed by atoms with Crippen LogP contribution in [0.1, 0.15) is 13.8 Å². The highest BCUT2D eigenvalue weighted by Crippen LogP contribution is 2.31. The maximum absolute atomic E-state index is 9.62. The molecule has 0 aromatic carbocycles. The number of aliphatic hydroxyl groups excluding tert-OH is 1. The van der Waals surface area contributed by atoms with Gasteiger partial charge < -0.3 is 19.3 Å².